The zero-order chi connectivity index (χ0) is 28.9. The minimum Gasteiger partial charge on any atom is -0.305 e. The molecule has 2 nitrogen and oxygen atoms in total. The maximum atomic E-state index is 8.63. The van der Waals surface area contributed by atoms with Gasteiger partial charge in [-0.2, -0.15) is 22.2 Å². The van der Waals surface area contributed by atoms with Crippen LogP contribution in [0.25, 0.3) is 0 Å². The minimum atomic E-state index is -3.23. The van der Waals surface area contributed by atoms with Gasteiger partial charge in [0.1, 0.15) is 0 Å². The molecule has 0 heterocycles. The lowest BCUT2D eigenvalue weighted by Gasteiger charge is -2.44. The van der Waals surface area contributed by atoms with Crippen LogP contribution in [-0.2, 0) is 25.9 Å². The van der Waals surface area contributed by atoms with E-state index in [0.717, 1.165) is 25.9 Å². The molecule has 0 aliphatic rings. The van der Waals surface area contributed by atoms with Crippen LogP contribution in [0.4, 0.5) is 0 Å². The van der Waals surface area contributed by atoms with E-state index >= 15 is 0 Å². The van der Waals surface area contributed by atoms with Gasteiger partial charge in [-0.1, -0.05) is 111 Å². The van der Waals surface area contributed by atoms with Crippen LogP contribution in [0.2, 0.25) is 0 Å². The summed E-state index contributed by atoms with van der Waals surface area (Å²) in [5.41, 5.74) is 5.11. The molecule has 4 aromatic carbocycles. The van der Waals surface area contributed by atoms with Crippen molar-refractivity contribution >= 4 is 56.7 Å². The van der Waals surface area contributed by atoms with Crippen LogP contribution in [0.1, 0.15) is 36.1 Å². The highest BCUT2D eigenvalue weighted by atomic mass is 35.6. The number of halogens is 2. The lowest BCUT2D eigenvalue weighted by atomic mass is 10.2. The zero-order valence-electron chi connectivity index (χ0n) is 24.7. The Bertz CT molecular complexity index is 1340. The third-order valence-electron chi connectivity index (χ3n) is 7.76. The predicted octanol–water partition coefficient (Wildman–Crippen LogP) is 5.31. The lowest BCUT2D eigenvalue weighted by Crippen LogP contribution is -2.82. The van der Waals surface area contributed by atoms with Crippen LogP contribution < -0.4 is 20.7 Å². The van der Waals surface area contributed by atoms with Crippen LogP contribution in [0.3, 0.4) is 0 Å². The quantitative estimate of drug-likeness (QED) is 0.169. The first-order valence-corrected chi connectivity index (χ1v) is 21.2. The summed E-state index contributed by atoms with van der Waals surface area (Å²) in [6.07, 6.45) is 1.82. The zero-order valence-corrected chi connectivity index (χ0v) is 28.2. The van der Waals surface area contributed by atoms with Crippen LogP contribution >= 0.6 is 22.2 Å². The molecule has 0 spiro atoms. The average molecular weight is 606 g/mol. The van der Waals surface area contributed by atoms with E-state index in [9.17, 15) is 0 Å². The van der Waals surface area contributed by atoms with Crippen molar-refractivity contribution in [1.82, 2.24) is 9.80 Å². The van der Waals surface area contributed by atoms with Crippen LogP contribution in [0.15, 0.2) is 97.1 Å². The number of benzene rings is 4. The van der Waals surface area contributed by atoms with E-state index < -0.39 is 13.8 Å². The van der Waals surface area contributed by atoms with E-state index in [-0.39, 0.29) is 0 Å². The Labute approximate surface area is 252 Å². The van der Waals surface area contributed by atoms with E-state index in [1.54, 1.807) is 0 Å². The monoisotopic (exact) mass is 604 g/mol. The van der Waals surface area contributed by atoms with Crippen molar-refractivity contribution < 1.29 is 0 Å². The van der Waals surface area contributed by atoms with Gasteiger partial charge in [-0.25, -0.2) is 0 Å². The van der Waals surface area contributed by atoms with Gasteiger partial charge in [-0.15, -0.1) is 0 Å². The molecule has 4 rings (SSSR count). The number of nitrogens with zero attached hydrogens (tertiary/aromatic N) is 2. The second-order valence-electron chi connectivity index (χ2n) is 11.1. The van der Waals surface area contributed by atoms with Crippen molar-refractivity contribution in [1.29, 1.82) is 0 Å². The van der Waals surface area contributed by atoms with Crippen molar-refractivity contribution in [3.63, 3.8) is 0 Å². The fourth-order valence-electron chi connectivity index (χ4n) is 6.03. The molecule has 0 aromatic heterocycles. The Hall–Kier alpha value is -2.19. The van der Waals surface area contributed by atoms with E-state index in [4.69, 9.17) is 22.2 Å². The van der Waals surface area contributed by atoms with Crippen molar-refractivity contribution in [2.75, 3.05) is 28.2 Å². The molecular formula is C34H42Cl2N2Si2. The molecule has 0 saturated carbocycles. The summed E-state index contributed by atoms with van der Waals surface area (Å²) in [6.45, 7) is -0.355. The Morgan fingerprint density at radius 3 is 0.975 bits per heavy atom. The van der Waals surface area contributed by atoms with Gasteiger partial charge in [0.15, 0.2) is 0 Å². The number of aryl methyl sites for hydroxylation is 2. The molecule has 40 heavy (non-hydrogen) atoms. The van der Waals surface area contributed by atoms with Gasteiger partial charge in [0, 0.05) is 13.1 Å². The Kier molecular flexibility index (Phi) is 10.2. The topological polar surface area (TPSA) is 6.48 Å². The first-order chi connectivity index (χ1) is 19.2. The van der Waals surface area contributed by atoms with Gasteiger partial charge in [-0.05, 0) is 84.0 Å². The molecule has 0 fully saturated rings. The first-order valence-electron chi connectivity index (χ1n) is 14.2. The van der Waals surface area contributed by atoms with Crippen molar-refractivity contribution in [3.8, 4) is 0 Å². The summed E-state index contributed by atoms with van der Waals surface area (Å²) in [4.78, 5) is 4.46. The Morgan fingerprint density at radius 2 is 0.700 bits per heavy atom. The second-order valence-corrected chi connectivity index (χ2v) is 25.7. The highest BCUT2D eigenvalue weighted by Gasteiger charge is 2.61. The van der Waals surface area contributed by atoms with E-state index in [0.29, 0.717) is 0 Å². The highest BCUT2D eigenvalue weighted by molar-refractivity contribution is 7.84. The summed E-state index contributed by atoms with van der Waals surface area (Å²) in [7, 11) is 8.49. The molecule has 0 N–H and O–H groups in total. The van der Waals surface area contributed by atoms with Gasteiger partial charge in [0.05, 0.1) is 0 Å². The van der Waals surface area contributed by atoms with Gasteiger partial charge in [0.25, 0.3) is 0 Å². The fraction of sp³-hybridized carbons (Fsp3) is 0.294. The fourth-order valence-corrected chi connectivity index (χ4v) is 25.3. The standard InChI is InChI=1S/C34H42Cl2N2Si2/c1-7-27-17-9-13-21-31(27)39(35,32-22-14-10-18-28(32)8-2)40(36,33-23-15-11-19-29(33)25-37(3)4)34-24-16-12-20-30(34)26-38(5)6/h9-24H,7-8,25-26H2,1-6H3. The van der Waals surface area contributed by atoms with Gasteiger partial charge >= 0.3 is 0 Å². The summed E-state index contributed by atoms with van der Waals surface area (Å²) < 4.78 is 0. The molecule has 0 atom stereocenters. The highest BCUT2D eigenvalue weighted by Crippen LogP contribution is 2.32. The summed E-state index contributed by atoms with van der Waals surface area (Å²) in [6, 6.07) is 35.2. The third kappa shape index (κ3) is 5.76. The molecule has 0 radical (unpaired) electrons. The maximum Gasteiger partial charge on any atom is 0.234 e. The molecule has 0 aliphatic carbocycles. The largest absolute Gasteiger partial charge is 0.305 e. The van der Waals surface area contributed by atoms with Crippen molar-refractivity contribution in [2.45, 2.75) is 39.8 Å². The SMILES string of the molecule is CCc1ccccc1[Si](Cl)(c1ccccc1CC)[Si](Cl)(c1ccccc1CN(C)C)c1ccccc1CN(C)C. The number of hydrogen-bond acceptors (Lipinski definition) is 2. The van der Waals surface area contributed by atoms with Crippen molar-refractivity contribution in [2.24, 2.45) is 0 Å². The van der Waals surface area contributed by atoms with E-state index in [1.165, 1.54) is 43.0 Å². The molecule has 0 unspecified atom stereocenters. The van der Waals surface area contributed by atoms with Gasteiger partial charge in [-0.3, -0.25) is 0 Å². The van der Waals surface area contributed by atoms with Crippen LogP contribution in [-0.4, -0.2) is 51.8 Å². The van der Waals surface area contributed by atoms with Crippen molar-refractivity contribution in [3.05, 3.63) is 119 Å². The normalized spacial score (nSPS) is 12.3. The molecule has 0 amide bonds. The van der Waals surface area contributed by atoms with E-state index in [1.807, 2.05) is 0 Å². The third-order valence-corrected chi connectivity index (χ3v) is 28.1. The number of hydrogen-bond donors (Lipinski definition) is 0. The minimum absolute atomic E-state index is 0.805. The molecule has 6 heteroatoms. The summed E-state index contributed by atoms with van der Waals surface area (Å²) in [5, 5.41) is 4.96. The average Bonchev–Trinajstić information content (AvgIpc) is 2.96. The number of rotatable bonds is 11. The molecule has 210 valence electrons. The molecule has 0 saturated heterocycles. The molecule has 0 bridgehead atoms. The van der Waals surface area contributed by atoms with E-state index in [2.05, 4.69) is 149 Å². The Balaban J connectivity index is 2.25. The Morgan fingerprint density at radius 1 is 0.450 bits per heavy atom. The molecule has 0 aliphatic heterocycles. The van der Waals surface area contributed by atoms with Crippen LogP contribution in [0, 0.1) is 0 Å². The first kappa shape index (κ1) is 30.8. The molecular weight excluding hydrogens is 563 g/mol. The maximum absolute atomic E-state index is 8.63. The summed E-state index contributed by atoms with van der Waals surface area (Å²) >= 11 is 17.2. The van der Waals surface area contributed by atoms with Gasteiger partial charge in [0.2, 0.25) is 13.8 Å². The predicted molar refractivity (Wildman–Crippen MR) is 181 cm³/mol. The lowest BCUT2D eigenvalue weighted by molar-refractivity contribution is 0.403. The van der Waals surface area contributed by atoms with Gasteiger partial charge < -0.3 is 9.80 Å². The molecule has 4 aromatic rings. The smallest absolute Gasteiger partial charge is 0.234 e. The second kappa shape index (κ2) is 13.2. The van der Waals surface area contributed by atoms with Crippen LogP contribution in [0.5, 0.6) is 0 Å². The summed E-state index contributed by atoms with van der Waals surface area (Å²) in [5.74, 6) is 0.